The summed E-state index contributed by atoms with van der Waals surface area (Å²) in [6.45, 7) is 0. The van der Waals surface area contributed by atoms with Crippen molar-refractivity contribution in [1.82, 2.24) is 0 Å². The van der Waals surface area contributed by atoms with Crippen molar-refractivity contribution in [2.45, 2.75) is 5.67 Å². The van der Waals surface area contributed by atoms with Gasteiger partial charge in [-0.25, -0.2) is 9.18 Å². The molecular formula is C15H9FN2O4. The highest BCUT2D eigenvalue weighted by molar-refractivity contribution is 6.20. The number of oxime groups is 1. The molecule has 0 N–H and O–H groups in total. The third-order valence-corrected chi connectivity index (χ3v) is 3.35. The average molecular weight is 300 g/mol. The van der Waals surface area contributed by atoms with Crippen LogP contribution in [0.3, 0.4) is 0 Å². The highest BCUT2D eigenvalue weighted by atomic mass is 19.1. The standard InChI is InChI=1S/C15H9FN2O4/c16-15(11-6-8-12(9-7-11)18(20)21)13(17-22-14(15)19)10-4-2-1-3-5-10/h1-9H/t15-/m1/s1. The number of nitrogens with zero attached hydrogens (tertiary/aromatic N) is 2. The molecule has 0 aromatic heterocycles. The molecule has 0 amide bonds. The number of benzene rings is 2. The number of nitro benzene ring substituents is 1. The van der Waals surface area contributed by atoms with Crippen molar-refractivity contribution >= 4 is 17.4 Å². The van der Waals surface area contributed by atoms with E-state index in [2.05, 4.69) is 9.99 Å². The normalized spacial score (nSPS) is 20.4. The first kappa shape index (κ1) is 13.9. The SMILES string of the molecule is O=C1ON=C(c2ccccc2)[C@]1(F)c1ccc([N+](=O)[O-])cc1. The summed E-state index contributed by atoms with van der Waals surface area (Å²) in [5.74, 6) is -1.17. The Bertz CT molecular complexity index is 774. The topological polar surface area (TPSA) is 81.8 Å². The summed E-state index contributed by atoms with van der Waals surface area (Å²) < 4.78 is 15.3. The minimum Gasteiger partial charge on any atom is -0.313 e. The smallest absolute Gasteiger partial charge is 0.313 e. The van der Waals surface area contributed by atoms with Crippen molar-refractivity contribution in [3.05, 3.63) is 75.8 Å². The van der Waals surface area contributed by atoms with E-state index in [1.54, 1.807) is 30.3 Å². The lowest BCUT2D eigenvalue weighted by Crippen LogP contribution is -2.36. The molecule has 110 valence electrons. The molecule has 0 radical (unpaired) electrons. The van der Waals surface area contributed by atoms with E-state index in [9.17, 15) is 14.9 Å². The molecule has 0 saturated carbocycles. The fourth-order valence-corrected chi connectivity index (χ4v) is 2.22. The van der Waals surface area contributed by atoms with Crippen molar-refractivity contribution in [3.8, 4) is 0 Å². The molecule has 7 heteroatoms. The van der Waals surface area contributed by atoms with Crippen LogP contribution in [0, 0.1) is 10.1 Å². The second-order valence-electron chi connectivity index (χ2n) is 4.65. The zero-order valence-corrected chi connectivity index (χ0v) is 11.1. The molecule has 1 atom stereocenters. The fraction of sp³-hybridized carbons (Fsp3) is 0.0667. The van der Waals surface area contributed by atoms with Gasteiger partial charge >= 0.3 is 5.97 Å². The minimum absolute atomic E-state index is 0.0665. The zero-order chi connectivity index (χ0) is 15.7. The number of non-ortho nitro benzene ring substituents is 1. The van der Waals surface area contributed by atoms with E-state index in [4.69, 9.17) is 0 Å². The Balaban J connectivity index is 2.07. The Labute approximate surface area is 124 Å². The van der Waals surface area contributed by atoms with Gasteiger partial charge in [-0.1, -0.05) is 35.5 Å². The minimum atomic E-state index is -2.59. The van der Waals surface area contributed by atoms with E-state index in [-0.39, 0.29) is 17.0 Å². The van der Waals surface area contributed by atoms with E-state index >= 15 is 4.39 Å². The van der Waals surface area contributed by atoms with Gasteiger partial charge in [0.05, 0.1) is 4.92 Å². The number of alkyl halides is 1. The summed E-state index contributed by atoms with van der Waals surface area (Å²) in [4.78, 5) is 26.4. The van der Waals surface area contributed by atoms with Gasteiger partial charge in [-0.15, -0.1) is 0 Å². The summed E-state index contributed by atoms with van der Waals surface area (Å²) in [6, 6.07) is 12.9. The zero-order valence-electron chi connectivity index (χ0n) is 11.1. The highest BCUT2D eigenvalue weighted by Gasteiger charge is 2.53. The van der Waals surface area contributed by atoms with Gasteiger partial charge in [0, 0.05) is 23.3 Å². The summed E-state index contributed by atoms with van der Waals surface area (Å²) in [5, 5.41) is 14.2. The van der Waals surface area contributed by atoms with Crippen LogP contribution in [0.5, 0.6) is 0 Å². The van der Waals surface area contributed by atoms with Gasteiger partial charge in [0.25, 0.3) is 11.4 Å². The van der Waals surface area contributed by atoms with E-state index < -0.39 is 16.6 Å². The molecule has 0 spiro atoms. The van der Waals surface area contributed by atoms with Crippen LogP contribution in [0.15, 0.2) is 59.8 Å². The van der Waals surface area contributed by atoms with Crippen LogP contribution in [0.25, 0.3) is 0 Å². The van der Waals surface area contributed by atoms with Gasteiger partial charge in [-0.05, 0) is 12.1 Å². The Hall–Kier alpha value is -3.09. The Kier molecular flexibility index (Phi) is 3.17. The molecule has 3 rings (SSSR count). The summed E-state index contributed by atoms with van der Waals surface area (Å²) in [5.41, 5.74) is -2.63. The van der Waals surface area contributed by atoms with Gasteiger partial charge in [0.15, 0.2) is 0 Å². The lowest BCUT2D eigenvalue weighted by atomic mass is 9.87. The molecule has 2 aromatic carbocycles. The van der Waals surface area contributed by atoms with Crippen LogP contribution in [-0.4, -0.2) is 16.6 Å². The maximum Gasteiger partial charge on any atom is 0.382 e. The molecule has 6 nitrogen and oxygen atoms in total. The second kappa shape index (κ2) is 5.03. The quantitative estimate of drug-likeness (QED) is 0.496. The van der Waals surface area contributed by atoms with E-state index in [0.717, 1.165) is 12.1 Å². The first-order valence-corrected chi connectivity index (χ1v) is 6.32. The van der Waals surface area contributed by atoms with Crippen LogP contribution in [0.1, 0.15) is 11.1 Å². The molecule has 1 aliphatic heterocycles. The van der Waals surface area contributed by atoms with Gasteiger partial charge in [0.2, 0.25) is 0 Å². The molecule has 1 aliphatic rings. The molecule has 22 heavy (non-hydrogen) atoms. The van der Waals surface area contributed by atoms with E-state index in [0.29, 0.717) is 5.56 Å². The number of nitro groups is 1. The highest BCUT2D eigenvalue weighted by Crippen LogP contribution is 2.37. The second-order valence-corrected chi connectivity index (χ2v) is 4.65. The Morgan fingerprint density at radius 1 is 1.09 bits per heavy atom. The molecule has 0 aliphatic carbocycles. The van der Waals surface area contributed by atoms with Gasteiger partial charge in [0.1, 0.15) is 5.71 Å². The molecule has 0 unspecified atom stereocenters. The van der Waals surface area contributed by atoms with Crippen molar-refractivity contribution in [3.63, 3.8) is 0 Å². The largest absolute Gasteiger partial charge is 0.382 e. The maximum absolute atomic E-state index is 15.3. The number of hydrogen-bond donors (Lipinski definition) is 0. The molecule has 2 aromatic rings. The molecular weight excluding hydrogens is 291 g/mol. The molecule has 0 saturated heterocycles. The van der Waals surface area contributed by atoms with Gasteiger partial charge in [-0.2, -0.15) is 0 Å². The Morgan fingerprint density at radius 2 is 1.73 bits per heavy atom. The van der Waals surface area contributed by atoms with Crippen molar-refractivity contribution in [1.29, 1.82) is 0 Å². The summed E-state index contributed by atoms with van der Waals surface area (Å²) >= 11 is 0. The van der Waals surface area contributed by atoms with Crippen molar-refractivity contribution in [2.24, 2.45) is 5.16 Å². The molecule has 1 heterocycles. The number of carbonyl (C=O) groups excluding carboxylic acids is 1. The van der Waals surface area contributed by atoms with Gasteiger partial charge < -0.3 is 4.84 Å². The van der Waals surface area contributed by atoms with Crippen LogP contribution >= 0.6 is 0 Å². The van der Waals surface area contributed by atoms with Gasteiger partial charge in [-0.3, -0.25) is 10.1 Å². The van der Waals surface area contributed by atoms with Crippen LogP contribution in [-0.2, 0) is 15.3 Å². The number of halogens is 1. The monoisotopic (exact) mass is 300 g/mol. The third-order valence-electron chi connectivity index (χ3n) is 3.35. The molecule has 0 fully saturated rings. The van der Waals surface area contributed by atoms with Crippen LogP contribution in [0.2, 0.25) is 0 Å². The maximum atomic E-state index is 15.3. The summed E-state index contributed by atoms with van der Waals surface area (Å²) in [6.07, 6.45) is 0. The number of hydrogen-bond acceptors (Lipinski definition) is 5. The predicted molar refractivity (Wildman–Crippen MR) is 75.0 cm³/mol. The lowest BCUT2D eigenvalue weighted by molar-refractivity contribution is -0.384. The lowest BCUT2D eigenvalue weighted by Gasteiger charge is -2.17. The Morgan fingerprint density at radius 3 is 2.32 bits per heavy atom. The first-order chi connectivity index (χ1) is 10.5. The van der Waals surface area contributed by atoms with E-state index in [1.807, 2.05) is 0 Å². The first-order valence-electron chi connectivity index (χ1n) is 6.32. The predicted octanol–water partition coefficient (Wildman–Crippen LogP) is 2.72. The van der Waals surface area contributed by atoms with Crippen molar-refractivity contribution in [2.75, 3.05) is 0 Å². The number of rotatable bonds is 3. The van der Waals surface area contributed by atoms with E-state index in [1.165, 1.54) is 12.1 Å². The summed E-state index contributed by atoms with van der Waals surface area (Å²) in [7, 11) is 0. The fourth-order valence-electron chi connectivity index (χ4n) is 2.22. The van der Waals surface area contributed by atoms with Crippen molar-refractivity contribution < 1.29 is 18.9 Å². The van der Waals surface area contributed by atoms with Crippen LogP contribution < -0.4 is 0 Å². The number of carbonyl (C=O) groups is 1. The average Bonchev–Trinajstić information content (AvgIpc) is 2.85. The molecule has 0 bridgehead atoms. The van der Waals surface area contributed by atoms with Crippen LogP contribution in [0.4, 0.5) is 10.1 Å². The third kappa shape index (κ3) is 2.03.